The quantitative estimate of drug-likeness (QED) is 0.811. The van der Waals surface area contributed by atoms with Crippen molar-refractivity contribution < 1.29 is 23.9 Å². The highest BCUT2D eigenvalue weighted by Gasteiger charge is 2.47. The van der Waals surface area contributed by atoms with Gasteiger partial charge in [0.15, 0.2) is 0 Å². The van der Waals surface area contributed by atoms with Crippen molar-refractivity contribution in [1.82, 2.24) is 20.1 Å². The molecule has 3 amide bonds. The summed E-state index contributed by atoms with van der Waals surface area (Å²) >= 11 is 0. The molecule has 3 saturated heterocycles. The van der Waals surface area contributed by atoms with E-state index < -0.39 is 18.2 Å². The van der Waals surface area contributed by atoms with Crippen LogP contribution in [0.25, 0.3) is 0 Å². The Hall–Kier alpha value is -2.71. The maximum absolute atomic E-state index is 13.9. The number of carboxylic acid groups (broad SMARTS) is 1. The van der Waals surface area contributed by atoms with Gasteiger partial charge in [-0.15, -0.1) is 0 Å². The third-order valence-corrected chi connectivity index (χ3v) is 6.10. The number of carbonyl (C=O) groups is 3. The maximum atomic E-state index is 13.9. The minimum absolute atomic E-state index is 0.0186. The minimum Gasteiger partial charge on any atom is -0.465 e. The zero-order chi connectivity index (χ0) is 19.8. The van der Waals surface area contributed by atoms with E-state index in [0.717, 1.165) is 19.3 Å². The van der Waals surface area contributed by atoms with Gasteiger partial charge in [-0.3, -0.25) is 14.6 Å². The second-order valence-corrected chi connectivity index (χ2v) is 7.76. The molecule has 3 aliphatic rings. The van der Waals surface area contributed by atoms with Crippen LogP contribution < -0.4 is 5.32 Å². The van der Waals surface area contributed by atoms with Crippen LogP contribution in [-0.4, -0.2) is 69.0 Å². The first-order valence-electron chi connectivity index (χ1n) is 9.65. The summed E-state index contributed by atoms with van der Waals surface area (Å²) in [5.74, 6) is -0.849. The van der Waals surface area contributed by atoms with Gasteiger partial charge in [0.2, 0.25) is 11.8 Å². The van der Waals surface area contributed by atoms with Crippen LogP contribution in [0.4, 0.5) is 9.18 Å². The Labute approximate surface area is 161 Å². The first-order valence-corrected chi connectivity index (χ1v) is 9.65. The van der Waals surface area contributed by atoms with Crippen LogP contribution in [0.1, 0.15) is 43.6 Å². The summed E-state index contributed by atoms with van der Waals surface area (Å²) in [6, 6.07) is -0.0693. The highest BCUT2D eigenvalue weighted by molar-refractivity contribution is 5.92. The van der Waals surface area contributed by atoms with Crippen molar-refractivity contribution in [3.63, 3.8) is 0 Å². The first kappa shape index (κ1) is 18.6. The predicted molar refractivity (Wildman–Crippen MR) is 96.0 cm³/mol. The van der Waals surface area contributed by atoms with Gasteiger partial charge in [-0.2, -0.15) is 0 Å². The number of fused-ring (bicyclic) bond motifs is 1. The van der Waals surface area contributed by atoms with E-state index in [4.69, 9.17) is 5.11 Å². The van der Waals surface area contributed by atoms with Crippen LogP contribution >= 0.6 is 0 Å². The number of nitrogens with one attached hydrogen (secondary N) is 1. The lowest BCUT2D eigenvalue weighted by Crippen LogP contribution is -2.58. The summed E-state index contributed by atoms with van der Waals surface area (Å²) < 4.78 is 13.9. The Balaban J connectivity index is 1.44. The molecule has 0 aromatic carbocycles. The summed E-state index contributed by atoms with van der Waals surface area (Å²) in [7, 11) is 0. The molecule has 0 radical (unpaired) electrons. The van der Waals surface area contributed by atoms with Crippen molar-refractivity contribution >= 4 is 17.9 Å². The van der Waals surface area contributed by atoms with E-state index >= 15 is 0 Å². The number of rotatable bonds is 3. The second kappa shape index (κ2) is 7.37. The van der Waals surface area contributed by atoms with Crippen LogP contribution in [0, 0.1) is 5.82 Å². The van der Waals surface area contributed by atoms with Gasteiger partial charge in [0.25, 0.3) is 0 Å². The van der Waals surface area contributed by atoms with Gasteiger partial charge in [-0.05, 0) is 38.2 Å². The average molecular weight is 390 g/mol. The van der Waals surface area contributed by atoms with Crippen LogP contribution in [-0.2, 0) is 9.59 Å². The number of likely N-dealkylation sites (tertiary alicyclic amines) is 1. The molecule has 1 aromatic rings. The fourth-order valence-electron chi connectivity index (χ4n) is 4.64. The molecule has 0 unspecified atom stereocenters. The summed E-state index contributed by atoms with van der Waals surface area (Å²) in [6.07, 6.45) is 4.95. The van der Waals surface area contributed by atoms with Gasteiger partial charge in [0, 0.05) is 43.0 Å². The molecular formula is C19H23FN4O4. The third kappa shape index (κ3) is 3.29. The second-order valence-electron chi connectivity index (χ2n) is 7.76. The van der Waals surface area contributed by atoms with Crippen molar-refractivity contribution in [2.75, 3.05) is 13.1 Å². The number of pyridine rings is 1. The molecule has 3 fully saturated rings. The number of nitrogens with zero attached hydrogens (tertiary/aromatic N) is 3. The molecule has 0 bridgehead atoms. The van der Waals surface area contributed by atoms with Crippen LogP contribution in [0.5, 0.6) is 0 Å². The highest BCUT2D eigenvalue weighted by atomic mass is 19.1. The van der Waals surface area contributed by atoms with Gasteiger partial charge in [0.1, 0.15) is 17.9 Å². The maximum Gasteiger partial charge on any atom is 0.405 e. The summed E-state index contributed by atoms with van der Waals surface area (Å²) in [5.41, 5.74) is 0.507. The molecular weight excluding hydrogens is 367 g/mol. The van der Waals surface area contributed by atoms with Crippen molar-refractivity contribution in [2.24, 2.45) is 0 Å². The molecule has 0 spiro atoms. The van der Waals surface area contributed by atoms with Crippen molar-refractivity contribution in [3.05, 3.63) is 29.8 Å². The topological polar surface area (TPSA) is 103 Å². The molecule has 4 rings (SSSR count). The van der Waals surface area contributed by atoms with E-state index in [2.05, 4.69) is 10.3 Å². The lowest BCUT2D eigenvalue weighted by atomic mass is 9.91. The fraction of sp³-hybridized carbons (Fsp3) is 0.579. The zero-order valence-corrected chi connectivity index (χ0v) is 15.4. The standard InChI is InChI=1S/C19H23FN4O4/c20-14-6-7-21-8-13(14)11-9-23(10-11)18(26)16-5-4-12-2-1-3-15(22-19(27)28)17(25)24(12)16/h6-8,11-12,15-16,22H,1-5,9-10H2,(H,27,28)/t12-,15-,16-/m0/s1. The molecule has 2 N–H and O–H groups in total. The lowest BCUT2D eigenvalue weighted by Gasteiger charge is -2.42. The van der Waals surface area contributed by atoms with Gasteiger partial charge < -0.3 is 20.2 Å². The molecule has 9 heteroatoms. The Bertz CT molecular complexity index is 798. The largest absolute Gasteiger partial charge is 0.465 e. The third-order valence-electron chi connectivity index (χ3n) is 6.10. The van der Waals surface area contributed by atoms with E-state index in [0.29, 0.717) is 31.5 Å². The molecule has 0 saturated carbocycles. The Morgan fingerprint density at radius 3 is 2.71 bits per heavy atom. The van der Waals surface area contributed by atoms with E-state index in [1.54, 1.807) is 9.80 Å². The van der Waals surface area contributed by atoms with E-state index in [1.165, 1.54) is 18.5 Å². The van der Waals surface area contributed by atoms with Crippen LogP contribution in [0.2, 0.25) is 0 Å². The molecule has 150 valence electrons. The number of carbonyl (C=O) groups excluding carboxylic acids is 2. The molecule has 3 atom stereocenters. The smallest absolute Gasteiger partial charge is 0.405 e. The monoisotopic (exact) mass is 390 g/mol. The summed E-state index contributed by atoms with van der Waals surface area (Å²) in [4.78, 5) is 44.1. The Morgan fingerprint density at radius 1 is 1.21 bits per heavy atom. The molecule has 1 aromatic heterocycles. The molecule has 28 heavy (non-hydrogen) atoms. The summed E-state index contributed by atoms with van der Waals surface area (Å²) in [6.45, 7) is 0.808. The average Bonchev–Trinajstić information content (AvgIpc) is 2.97. The lowest BCUT2D eigenvalue weighted by molar-refractivity contribution is -0.148. The van der Waals surface area contributed by atoms with Crippen molar-refractivity contribution in [2.45, 2.75) is 56.1 Å². The number of amides is 3. The fourth-order valence-corrected chi connectivity index (χ4v) is 4.64. The van der Waals surface area contributed by atoms with E-state index in [1.807, 2.05) is 0 Å². The Morgan fingerprint density at radius 2 is 2.00 bits per heavy atom. The SMILES string of the molecule is O=C(O)N[C@H]1CCC[C@H]2CC[C@@H](C(=O)N3CC(c4cnccc4F)C3)N2C1=O. The van der Waals surface area contributed by atoms with Gasteiger partial charge >= 0.3 is 6.09 Å². The highest BCUT2D eigenvalue weighted by Crippen LogP contribution is 2.35. The number of aromatic nitrogens is 1. The number of halogens is 1. The van der Waals surface area contributed by atoms with Crippen LogP contribution in [0.3, 0.4) is 0 Å². The normalized spacial score (nSPS) is 27.8. The van der Waals surface area contributed by atoms with Crippen LogP contribution in [0.15, 0.2) is 18.5 Å². The number of hydrogen-bond acceptors (Lipinski definition) is 4. The first-order chi connectivity index (χ1) is 13.5. The van der Waals surface area contributed by atoms with E-state index in [-0.39, 0.29) is 29.6 Å². The predicted octanol–water partition coefficient (Wildman–Crippen LogP) is 1.33. The van der Waals surface area contributed by atoms with E-state index in [9.17, 15) is 18.8 Å². The number of hydrogen-bond donors (Lipinski definition) is 2. The molecule has 4 heterocycles. The molecule has 0 aliphatic carbocycles. The van der Waals surface area contributed by atoms with Gasteiger partial charge in [-0.1, -0.05) is 0 Å². The summed E-state index contributed by atoms with van der Waals surface area (Å²) in [5, 5.41) is 11.3. The van der Waals surface area contributed by atoms with Gasteiger partial charge in [0.05, 0.1) is 0 Å². The zero-order valence-electron chi connectivity index (χ0n) is 15.4. The van der Waals surface area contributed by atoms with Gasteiger partial charge in [-0.25, -0.2) is 9.18 Å². The molecule has 8 nitrogen and oxygen atoms in total. The van der Waals surface area contributed by atoms with Crippen molar-refractivity contribution in [1.29, 1.82) is 0 Å². The van der Waals surface area contributed by atoms with Crippen molar-refractivity contribution in [3.8, 4) is 0 Å². The minimum atomic E-state index is -1.23. The molecule has 3 aliphatic heterocycles. The Kier molecular flexibility index (Phi) is 4.91.